The smallest absolute Gasteiger partial charge is 0.351 e. The number of carboxylic acid groups (broad SMARTS) is 2. The molecule has 0 bridgehead atoms. The lowest BCUT2D eigenvalue weighted by Gasteiger charge is -2.26. The van der Waals surface area contributed by atoms with Gasteiger partial charge in [0.1, 0.15) is 0 Å². The topological polar surface area (TPSA) is 124 Å². The van der Waals surface area contributed by atoms with Crippen molar-refractivity contribution in [2.75, 3.05) is 18.1 Å². The first-order valence-corrected chi connectivity index (χ1v) is 11.2. The van der Waals surface area contributed by atoms with Gasteiger partial charge < -0.3 is 30.0 Å². The van der Waals surface area contributed by atoms with Crippen LogP contribution < -0.4 is 15.3 Å². The van der Waals surface area contributed by atoms with Crippen LogP contribution in [0.4, 0.5) is 5.69 Å². The minimum Gasteiger partial charge on any atom is -0.539 e. The quantitative estimate of drug-likeness (QED) is 0.622. The number of anilines is 1. The predicted molar refractivity (Wildman–Crippen MR) is 119 cm³/mol. The zero-order chi connectivity index (χ0) is 23.8. The molecule has 2 aliphatic rings. The molecule has 2 atom stereocenters. The number of carbonyl (C=O) groups is 3. The van der Waals surface area contributed by atoms with Gasteiger partial charge >= 0.3 is 5.97 Å². The zero-order valence-electron chi connectivity index (χ0n) is 18.7. The summed E-state index contributed by atoms with van der Waals surface area (Å²) in [4.78, 5) is 33.3. The summed E-state index contributed by atoms with van der Waals surface area (Å²) in [5.74, 6) is -3.97. The summed E-state index contributed by atoms with van der Waals surface area (Å²) in [6.07, 6.45) is 4.88. The Hall–Kier alpha value is -3.23. The molecule has 2 unspecified atom stereocenters. The Morgan fingerprint density at radius 3 is 2.45 bits per heavy atom. The molecule has 2 heterocycles. The van der Waals surface area contributed by atoms with Crippen molar-refractivity contribution in [3.05, 3.63) is 65.7 Å². The summed E-state index contributed by atoms with van der Waals surface area (Å²) in [6.45, 7) is 4.35. The van der Waals surface area contributed by atoms with Crippen molar-refractivity contribution in [2.24, 2.45) is 0 Å². The first-order valence-electron chi connectivity index (χ1n) is 11.2. The molecule has 2 aliphatic heterocycles. The van der Waals surface area contributed by atoms with Gasteiger partial charge in [-0.1, -0.05) is 48.5 Å². The standard InChI is InChI=1S/C23H28N2O2.C2H2O4/c1-23(27-16-14-19-11-7-8-15-24-19)20-12-5-6-13-21(20)25(22(23)26)17-18-9-3-2-4-10-18;3-1(4)2(5)6/h2-6,9-10,12-13,19,24H,7-8,11,14-17H2,1H3;(H,3,4)(H,5,6). The van der Waals surface area contributed by atoms with Gasteiger partial charge in [-0.05, 0) is 37.8 Å². The summed E-state index contributed by atoms with van der Waals surface area (Å²) in [6, 6.07) is 18.8. The Morgan fingerprint density at radius 1 is 1.15 bits per heavy atom. The van der Waals surface area contributed by atoms with E-state index in [9.17, 15) is 4.79 Å². The number of rotatable bonds is 6. The maximum Gasteiger partial charge on any atom is 0.351 e. The molecule has 3 N–H and O–H groups in total. The highest BCUT2D eigenvalue weighted by Crippen LogP contribution is 2.43. The first-order chi connectivity index (χ1) is 15.8. The molecule has 2 aromatic rings. The second-order valence-electron chi connectivity index (χ2n) is 8.44. The zero-order valence-corrected chi connectivity index (χ0v) is 18.7. The average molecular weight is 455 g/mol. The fourth-order valence-corrected chi connectivity index (χ4v) is 4.36. The van der Waals surface area contributed by atoms with E-state index >= 15 is 0 Å². The third kappa shape index (κ3) is 5.97. The summed E-state index contributed by atoms with van der Waals surface area (Å²) in [5.41, 5.74) is 2.19. The summed E-state index contributed by atoms with van der Waals surface area (Å²) < 4.78 is 6.29. The van der Waals surface area contributed by atoms with Gasteiger partial charge in [0.2, 0.25) is 0 Å². The van der Waals surface area contributed by atoms with Crippen LogP contribution in [-0.2, 0) is 31.3 Å². The van der Waals surface area contributed by atoms with Crippen LogP contribution in [-0.4, -0.2) is 42.1 Å². The van der Waals surface area contributed by atoms with E-state index in [2.05, 4.69) is 17.4 Å². The van der Waals surface area contributed by atoms with Crippen molar-refractivity contribution in [1.29, 1.82) is 0 Å². The minimum absolute atomic E-state index is 0.0418. The molecule has 0 aromatic heterocycles. The molecule has 8 heteroatoms. The molecule has 0 radical (unpaired) electrons. The van der Waals surface area contributed by atoms with Gasteiger partial charge in [-0.15, -0.1) is 0 Å². The molecule has 1 fully saturated rings. The second kappa shape index (κ2) is 11.1. The van der Waals surface area contributed by atoms with Gasteiger partial charge in [-0.25, -0.2) is 4.79 Å². The van der Waals surface area contributed by atoms with Crippen molar-refractivity contribution in [3.8, 4) is 0 Å². The number of ether oxygens (including phenoxy) is 1. The molecule has 176 valence electrons. The second-order valence-corrected chi connectivity index (χ2v) is 8.44. The molecule has 0 aliphatic carbocycles. The van der Waals surface area contributed by atoms with E-state index in [1.165, 1.54) is 25.8 Å². The number of nitrogens with two attached hydrogens (primary N) is 1. The number of piperidine rings is 1. The summed E-state index contributed by atoms with van der Waals surface area (Å²) in [5, 5.41) is 18.7. The molecule has 0 saturated carbocycles. The van der Waals surface area contributed by atoms with Crippen LogP contribution in [0.2, 0.25) is 0 Å². The SMILES string of the molecule is CC1(OCCC2CCCC[NH2+]2)C(=O)N(Cc2ccccc2)c2ccccc21.O=C([O-])C(=O)O. The van der Waals surface area contributed by atoms with Crippen LogP contribution in [0.15, 0.2) is 54.6 Å². The van der Waals surface area contributed by atoms with E-state index in [0.717, 1.165) is 23.2 Å². The van der Waals surface area contributed by atoms with Crippen molar-refractivity contribution in [3.63, 3.8) is 0 Å². The van der Waals surface area contributed by atoms with Gasteiger partial charge in [-0.3, -0.25) is 4.79 Å². The number of amides is 1. The van der Waals surface area contributed by atoms with Crippen molar-refractivity contribution < 1.29 is 34.7 Å². The van der Waals surface area contributed by atoms with Gasteiger partial charge in [0.05, 0.1) is 31.4 Å². The highest BCUT2D eigenvalue weighted by molar-refractivity contribution is 6.26. The highest BCUT2D eigenvalue weighted by atomic mass is 16.5. The number of fused-ring (bicyclic) bond motifs is 1. The Kier molecular flexibility index (Phi) is 8.19. The summed E-state index contributed by atoms with van der Waals surface area (Å²) in [7, 11) is 0. The Labute approximate surface area is 193 Å². The number of carbonyl (C=O) groups excluding carboxylic acids is 2. The van der Waals surface area contributed by atoms with Gasteiger partial charge in [0.25, 0.3) is 5.91 Å². The normalized spacial score (nSPS) is 21.7. The molecule has 0 spiro atoms. The molecule has 8 nitrogen and oxygen atoms in total. The maximum atomic E-state index is 13.4. The van der Waals surface area contributed by atoms with Crippen molar-refractivity contribution >= 4 is 23.5 Å². The van der Waals surface area contributed by atoms with Gasteiger partial charge in [0, 0.05) is 12.0 Å². The molecular formula is C25H30N2O6. The van der Waals surface area contributed by atoms with Gasteiger partial charge in [-0.2, -0.15) is 0 Å². The third-order valence-corrected chi connectivity index (χ3v) is 6.13. The van der Waals surface area contributed by atoms with Crippen LogP contribution in [0.3, 0.4) is 0 Å². The van der Waals surface area contributed by atoms with Crippen LogP contribution >= 0.6 is 0 Å². The lowest BCUT2D eigenvalue weighted by molar-refractivity contribution is -0.698. The fourth-order valence-electron chi connectivity index (χ4n) is 4.36. The number of hydrogen-bond acceptors (Lipinski definition) is 5. The Balaban J connectivity index is 0.000000454. The number of para-hydroxylation sites is 1. The van der Waals surface area contributed by atoms with Crippen molar-refractivity contribution in [2.45, 2.75) is 50.8 Å². The first kappa shape index (κ1) is 24.4. The molecule has 2 aromatic carbocycles. The van der Waals surface area contributed by atoms with Crippen LogP contribution in [0, 0.1) is 0 Å². The molecule has 4 rings (SSSR count). The number of aliphatic carboxylic acids is 2. The van der Waals surface area contributed by atoms with E-state index < -0.39 is 17.5 Å². The molecule has 1 saturated heterocycles. The Morgan fingerprint density at radius 2 is 1.82 bits per heavy atom. The summed E-state index contributed by atoms with van der Waals surface area (Å²) >= 11 is 0. The van der Waals surface area contributed by atoms with E-state index in [0.29, 0.717) is 19.2 Å². The Bertz CT molecular complexity index is 962. The van der Waals surface area contributed by atoms with Crippen LogP contribution in [0.25, 0.3) is 0 Å². The minimum atomic E-state index is -2.07. The lowest BCUT2D eigenvalue weighted by atomic mass is 9.97. The van der Waals surface area contributed by atoms with Crippen LogP contribution in [0.1, 0.15) is 43.7 Å². The fraction of sp³-hybridized carbons (Fsp3) is 0.400. The monoisotopic (exact) mass is 454 g/mol. The maximum absolute atomic E-state index is 13.4. The number of benzene rings is 2. The van der Waals surface area contributed by atoms with Gasteiger partial charge in [0.15, 0.2) is 11.6 Å². The molecular weight excluding hydrogens is 424 g/mol. The van der Waals surface area contributed by atoms with E-state index in [1.807, 2.05) is 54.3 Å². The predicted octanol–water partition coefficient (Wildman–Crippen LogP) is 0.792. The third-order valence-electron chi connectivity index (χ3n) is 6.13. The number of hydrogen-bond donors (Lipinski definition) is 2. The number of carboxylic acids is 2. The molecule has 1 amide bonds. The van der Waals surface area contributed by atoms with E-state index in [1.54, 1.807) is 0 Å². The van der Waals surface area contributed by atoms with Crippen LogP contribution in [0.5, 0.6) is 0 Å². The number of quaternary nitrogens is 1. The van der Waals surface area contributed by atoms with E-state index in [4.69, 9.17) is 24.5 Å². The average Bonchev–Trinajstić information content (AvgIpc) is 3.03. The lowest BCUT2D eigenvalue weighted by Crippen LogP contribution is -2.91. The van der Waals surface area contributed by atoms with E-state index in [-0.39, 0.29) is 5.91 Å². The molecule has 33 heavy (non-hydrogen) atoms. The number of nitrogens with zero attached hydrogens (tertiary/aromatic N) is 1. The van der Waals surface area contributed by atoms with Crippen molar-refractivity contribution in [1.82, 2.24) is 0 Å². The largest absolute Gasteiger partial charge is 0.539 e. The highest BCUT2D eigenvalue weighted by Gasteiger charge is 2.48.